The van der Waals surface area contributed by atoms with Crippen LogP contribution in [0.4, 0.5) is 0 Å². The molecule has 0 saturated carbocycles. The van der Waals surface area contributed by atoms with Crippen molar-refractivity contribution in [2.75, 3.05) is 0 Å². The molecular formula is C38H36IrNO2-. The molecular weight excluding hydrogens is 695 g/mol. The Morgan fingerprint density at radius 1 is 0.833 bits per heavy atom. The summed E-state index contributed by atoms with van der Waals surface area (Å²) in [6.45, 7) is 13.9. The number of nitrogens with zero attached hydrogens (tertiary/aromatic N) is 1. The Bertz CT molecular complexity index is 1840. The molecule has 0 bridgehead atoms. The second kappa shape index (κ2) is 12.2. The van der Waals surface area contributed by atoms with E-state index in [0.29, 0.717) is 0 Å². The standard InChI is InChI=1S/C33H28N.C5H8O2.Ir/c1-20-9-8-10-23(15-20)26-18-31(25-16-21(2)13-14-22(25)3)34-32-19-30-27(17-28(26)32)24-11-6-7-12-29(24)33(30,4)5;1-4(6)3-5(2)7;/h6-15,17-19H,1-5H3;3,6H,1-2H3;/q-1;;/b;4-3-;. The van der Waals surface area contributed by atoms with Crippen LogP contribution in [0.2, 0.25) is 0 Å². The summed E-state index contributed by atoms with van der Waals surface area (Å²) in [4.78, 5) is 15.2. The van der Waals surface area contributed by atoms with Crippen LogP contribution in [0.15, 0.2) is 90.7 Å². The van der Waals surface area contributed by atoms with Crippen molar-refractivity contribution in [3.63, 3.8) is 0 Å². The Labute approximate surface area is 262 Å². The molecule has 1 radical (unpaired) electrons. The molecule has 1 N–H and O–H groups in total. The first-order valence-electron chi connectivity index (χ1n) is 14.0. The van der Waals surface area contributed by atoms with Gasteiger partial charge >= 0.3 is 0 Å². The predicted molar refractivity (Wildman–Crippen MR) is 170 cm³/mol. The number of aryl methyl sites for hydroxylation is 3. The third kappa shape index (κ3) is 6.02. The Morgan fingerprint density at radius 2 is 1.57 bits per heavy atom. The molecule has 5 aromatic rings. The second-order valence-corrected chi connectivity index (χ2v) is 11.6. The molecule has 0 unspecified atom stereocenters. The van der Waals surface area contributed by atoms with Gasteiger partial charge in [-0.2, -0.15) is 0 Å². The van der Waals surface area contributed by atoms with E-state index < -0.39 is 0 Å². The Hall–Kier alpha value is -3.85. The zero-order valence-corrected chi connectivity index (χ0v) is 27.6. The number of fused-ring (bicyclic) bond motifs is 4. The van der Waals surface area contributed by atoms with E-state index in [0.717, 1.165) is 22.3 Å². The molecule has 0 aliphatic heterocycles. The van der Waals surface area contributed by atoms with Gasteiger partial charge in [0.1, 0.15) is 0 Å². The minimum atomic E-state index is -0.125. The number of ketones is 1. The van der Waals surface area contributed by atoms with Gasteiger partial charge in [-0.1, -0.05) is 87.9 Å². The fourth-order valence-electron chi connectivity index (χ4n) is 5.83. The van der Waals surface area contributed by atoms with Crippen molar-refractivity contribution in [2.24, 2.45) is 0 Å². The van der Waals surface area contributed by atoms with E-state index in [-0.39, 0.29) is 37.1 Å². The molecule has 0 fully saturated rings. The molecule has 4 heteroatoms. The zero-order chi connectivity index (χ0) is 29.5. The molecule has 0 amide bonds. The number of aliphatic hydroxyl groups excluding tert-OH is 1. The van der Waals surface area contributed by atoms with Gasteiger partial charge in [0.2, 0.25) is 0 Å². The summed E-state index contributed by atoms with van der Waals surface area (Å²) in [6, 6.07) is 32.4. The quantitative estimate of drug-likeness (QED) is 0.114. The van der Waals surface area contributed by atoms with Gasteiger partial charge in [-0.3, -0.25) is 9.78 Å². The van der Waals surface area contributed by atoms with Crippen LogP contribution in [0.3, 0.4) is 0 Å². The van der Waals surface area contributed by atoms with Crippen LogP contribution in [-0.2, 0) is 30.3 Å². The Kier molecular flexibility index (Phi) is 9.01. The van der Waals surface area contributed by atoms with E-state index in [1.165, 1.54) is 69.8 Å². The van der Waals surface area contributed by atoms with Gasteiger partial charge in [-0.15, -0.1) is 34.9 Å². The third-order valence-corrected chi connectivity index (χ3v) is 7.81. The van der Waals surface area contributed by atoms with Gasteiger partial charge in [0.15, 0.2) is 5.78 Å². The fourth-order valence-corrected chi connectivity index (χ4v) is 5.83. The predicted octanol–water partition coefficient (Wildman–Crippen LogP) is 9.64. The van der Waals surface area contributed by atoms with Gasteiger partial charge < -0.3 is 5.11 Å². The summed E-state index contributed by atoms with van der Waals surface area (Å²) < 4.78 is 0. The molecule has 1 aromatic heterocycles. The summed E-state index contributed by atoms with van der Waals surface area (Å²) in [7, 11) is 0. The van der Waals surface area contributed by atoms with Crippen molar-refractivity contribution in [2.45, 2.75) is 53.9 Å². The largest absolute Gasteiger partial charge is 0.512 e. The van der Waals surface area contributed by atoms with Gasteiger partial charge in [-0.25, -0.2) is 0 Å². The minimum absolute atomic E-state index is 0. The summed E-state index contributed by atoms with van der Waals surface area (Å²) in [5.41, 5.74) is 14.5. The van der Waals surface area contributed by atoms with E-state index in [4.69, 9.17) is 10.1 Å². The molecule has 0 saturated heterocycles. The first-order chi connectivity index (χ1) is 19.5. The van der Waals surface area contributed by atoms with Gasteiger partial charge in [-0.05, 0) is 72.0 Å². The molecule has 0 spiro atoms. The van der Waals surface area contributed by atoms with Crippen molar-refractivity contribution in [1.29, 1.82) is 0 Å². The number of pyridine rings is 1. The number of hydrogen-bond donors (Lipinski definition) is 1. The molecule has 1 aliphatic rings. The van der Waals surface area contributed by atoms with Crippen molar-refractivity contribution in [1.82, 2.24) is 4.98 Å². The van der Waals surface area contributed by atoms with E-state index in [2.05, 4.69) is 120 Å². The van der Waals surface area contributed by atoms with Crippen LogP contribution >= 0.6 is 0 Å². The zero-order valence-electron chi connectivity index (χ0n) is 25.2. The monoisotopic (exact) mass is 731 g/mol. The van der Waals surface area contributed by atoms with Crippen LogP contribution in [0.25, 0.3) is 44.4 Å². The van der Waals surface area contributed by atoms with Crippen LogP contribution in [0.5, 0.6) is 0 Å². The normalized spacial score (nSPS) is 13.0. The molecule has 1 aliphatic carbocycles. The summed E-state index contributed by atoms with van der Waals surface area (Å²) in [6.07, 6.45) is 1.17. The summed E-state index contributed by atoms with van der Waals surface area (Å²) in [5, 5.41) is 9.56. The molecule has 6 rings (SSSR count). The van der Waals surface area contributed by atoms with E-state index >= 15 is 0 Å². The van der Waals surface area contributed by atoms with Crippen molar-refractivity contribution in [3.8, 4) is 33.5 Å². The molecule has 0 atom stereocenters. The minimum Gasteiger partial charge on any atom is -0.512 e. The van der Waals surface area contributed by atoms with Gasteiger partial charge in [0.25, 0.3) is 0 Å². The number of carbonyl (C=O) groups excluding carboxylic acids is 1. The van der Waals surface area contributed by atoms with Crippen LogP contribution in [-0.4, -0.2) is 15.9 Å². The molecule has 1 heterocycles. The number of allylic oxidation sites excluding steroid dienone is 2. The average Bonchev–Trinajstić information content (AvgIpc) is 3.14. The van der Waals surface area contributed by atoms with Crippen LogP contribution in [0, 0.1) is 26.8 Å². The maximum Gasteiger partial charge on any atom is 0.155 e. The maximum atomic E-state index is 10.0. The van der Waals surface area contributed by atoms with Crippen LogP contribution in [0.1, 0.15) is 55.5 Å². The van der Waals surface area contributed by atoms with Crippen molar-refractivity contribution >= 4 is 16.7 Å². The van der Waals surface area contributed by atoms with E-state index in [1.807, 2.05) is 0 Å². The fraction of sp³-hybridized carbons (Fsp3) is 0.211. The van der Waals surface area contributed by atoms with Crippen molar-refractivity contribution in [3.05, 3.63) is 125 Å². The first kappa shape index (κ1) is 31.1. The molecule has 215 valence electrons. The van der Waals surface area contributed by atoms with Crippen LogP contribution < -0.4 is 0 Å². The molecule has 4 aromatic carbocycles. The maximum absolute atomic E-state index is 10.0. The van der Waals surface area contributed by atoms with Crippen molar-refractivity contribution < 1.29 is 30.0 Å². The SMILES string of the molecule is CC(=O)/C=C(/C)O.Cc1[c-]c(-c2cc(-c3cccc(C)c3)c3cc4c(cc3n2)C(C)(C)c2ccccc2-4)c(C)cc1.[Ir]. The smallest absolute Gasteiger partial charge is 0.155 e. The third-order valence-electron chi connectivity index (χ3n) is 7.81. The Morgan fingerprint density at radius 3 is 2.24 bits per heavy atom. The van der Waals surface area contributed by atoms with Gasteiger partial charge in [0.05, 0.1) is 11.3 Å². The number of carbonyl (C=O) groups is 1. The number of rotatable bonds is 3. The summed E-state index contributed by atoms with van der Waals surface area (Å²) in [5.74, 6) is -0.0625. The van der Waals surface area contributed by atoms with Gasteiger partial charge in [0, 0.05) is 37.0 Å². The second-order valence-electron chi connectivity index (χ2n) is 11.6. The van der Waals surface area contributed by atoms with E-state index in [9.17, 15) is 4.79 Å². The average molecular weight is 731 g/mol. The first-order valence-corrected chi connectivity index (χ1v) is 14.0. The Balaban J connectivity index is 0.000000454. The number of aromatic nitrogens is 1. The molecule has 42 heavy (non-hydrogen) atoms. The number of hydrogen-bond acceptors (Lipinski definition) is 3. The molecule has 3 nitrogen and oxygen atoms in total. The number of benzene rings is 4. The van der Waals surface area contributed by atoms with E-state index in [1.54, 1.807) is 0 Å². The summed E-state index contributed by atoms with van der Waals surface area (Å²) >= 11 is 0. The topological polar surface area (TPSA) is 50.2 Å². The number of aliphatic hydroxyl groups is 1.